The van der Waals surface area contributed by atoms with Gasteiger partial charge in [-0.3, -0.25) is 9.69 Å². The van der Waals surface area contributed by atoms with Crippen molar-refractivity contribution in [1.29, 1.82) is 0 Å². The molecule has 0 bridgehead atoms. The van der Waals surface area contributed by atoms with Crippen LogP contribution in [-0.2, 0) is 37.7 Å². The SMILES string of the molecule is O=C(COC(C1CCCCN1)=S(=O)=O)NCc1ccc(CN2CCOCC2)cc1.c1ccc2ccccc2c1. The largest absolute Gasteiger partial charge is 0.379 e. The summed E-state index contributed by atoms with van der Waals surface area (Å²) >= 11 is 0. The van der Waals surface area contributed by atoms with E-state index in [1.807, 2.05) is 12.1 Å². The Morgan fingerprint density at radius 3 is 2.10 bits per heavy atom. The molecule has 1 amide bonds. The lowest BCUT2D eigenvalue weighted by atomic mass is 10.1. The third kappa shape index (κ3) is 9.56. The molecule has 8 nitrogen and oxygen atoms in total. The molecule has 2 aliphatic heterocycles. The predicted molar refractivity (Wildman–Crippen MR) is 154 cm³/mol. The quantitative estimate of drug-likeness (QED) is 0.436. The number of piperidine rings is 1. The standard InChI is InChI=1S/C20H29N3O5S.C10H8/c24-19(15-28-20(29(25)26)18-3-1-2-8-21-18)22-13-16-4-6-17(7-5-16)14-23-9-11-27-12-10-23;1-2-6-10-8-4-3-7-9(10)5-1/h4-7,18,21H,1-3,8-15H2,(H,22,24);1-8H. The Hall–Kier alpha value is -3.08. The van der Waals surface area contributed by atoms with Crippen LogP contribution in [0.3, 0.4) is 0 Å². The van der Waals surface area contributed by atoms with Gasteiger partial charge in [-0.15, -0.1) is 0 Å². The van der Waals surface area contributed by atoms with Crippen molar-refractivity contribution in [2.75, 3.05) is 39.5 Å². The van der Waals surface area contributed by atoms with E-state index in [9.17, 15) is 13.2 Å². The molecule has 9 heteroatoms. The summed E-state index contributed by atoms with van der Waals surface area (Å²) < 4.78 is 33.5. The monoisotopic (exact) mass is 551 g/mol. The van der Waals surface area contributed by atoms with Gasteiger partial charge in [-0.2, -0.15) is 8.42 Å². The second-order valence-corrected chi connectivity index (χ2v) is 10.5. The van der Waals surface area contributed by atoms with E-state index >= 15 is 0 Å². The summed E-state index contributed by atoms with van der Waals surface area (Å²) in [5, 5.41) is 8.43. The number of amides is 1. The number of benzene rings is 3. The predicted octanol–water partition coefficient (Wildman–Crippen LogP) is 3.14. The number of hydrogen-bond acceptors (Lipinski definition) is 7. The van der Waals surface area contributed by atoms with Crippen molar-refractivity contribution >= 4 is 32.0 Å². The van der Waals surface area contributed by atoms with Crippen LogP contribution in [0, 0.1) is 0 Å². The maximum Gasteiger partial charge on any atom is 0.246 e. The number of carbonyl (C=O) groups is 1. The first kappa shape index (κ1) is 28.9. The Balaban J connectivity index is 0.000000292. The minimum Gasteiger partial charge on any atom is -0.379 e. The van der Waals surface area contributed by atoms with Crippen LogP contribution in [-0.4, -0.2) is 69.8 Å². The zero-order valence-electron chi connectivity index (χ0n) is 22.2. The van der Waals surface area contributed by atoms with Gasteiger partial charge < -0.3 is 20.1 Å². The fourth-order valence-corrected chi connectivity index (χ4v) is 5.21. The molecule has 2 saturated heterocycles. The molecule has 0 saturated carbocycles. The van der Waals surface area contributed by atoms with Gasteiger partial charge in [0.2, 0.25) is 16.2 Å². The topological polar surface area (TPSA) is 97.0 Å². The van der Waals surface area contributed by atoms with Crippen LogP contribution in [0.15, 0.2) is 72.8 Å². The van der Waals surface area contributed by atoms with Gasteiger partial charge in [-0.25, -0.2) is 0 Å². The molecule has 1 unspecified atom stereocenters. The van der Waals surface area contributed by atoms with Crippen LogP contribution in [0.5, 0.6) is 0 Å². The molecule has 0 aromatic heterocycles. The van der Waals surface area contributed by atoms with Crippen molar-refractivity contribution in [3.8, 4) is 0 Å². The molecule has 39 heavy (non-hydrogen) atoms. The fourth-order valence-electron chi connectivity index (χ4n) is 4.62. The van der Waals surface area contributed by atoms with Gasteiger partial charge in [0.05, 0.1) is 19.3 Å². The highest BCUT2D eigenvalue weighted by atomic mass is 32.2. The Bertz CT molecular complexity index is 1260. The van der Waals surface area contributed by atoms with Crippen LogP contribution in [0.4, 0.5) is 0 Å². The molecule has 2 aliphatic rings. The number of nitrogens with zero attached hydrogens (tertiary/aromatic N) is 1. The molecule has 208 valence electrons. The Labute approximate surface area is 231 Å². The molecule has 5 rings (SSSR count). The number of hydrogen-bond donors (Lipinski definition) is 2. The second kappa shape index (κ2) is 15.5. The highest BCUT2D eigenvalue weighted by Gasteiger charge is 2.22. The normalized spacial score (nSPS) is 17.6. The van der Waals surface area contributed by atoms with Crippen LogP contribution >= 0.6 is 0 Å². The van der Waals surface area contributed by atoms with Crippen molar-refractivity contribution in [1.82, 2.24) is 15.5 Å². The van der Waals surface area contributed by atoms with Gasteiger partial charge in [0.25, 0.3) is 0 Å². The van der Waals surface area contributed by atoms with Crippen LogP contribution < -0.4 is 10.6 Å². The highest BCUT2D eigenvalue weighted by Crippen LogP contribution is 2.12. The molecule has 2 N–H and O–H groups in total. The number of morpholine rings is 1. The van der Waals surface area contributed by atoms with Crippen molar-refractivity contribution in [2.24, 2.45) is 0 Å². The maximum atomic E-state index is 12.1. The lowest BCUT2D eigenvalue weighted by Crippen LogP contribution is -2.43. The number of fused-ring (bicyclic) bond motifs is 1. The molecular weight excluding hydrogens is 514 g/mol. The third-order valence-electron chi connectivity index (χ3n) is 6.79. The Morgan fingerprint density at radius 1 is 0.923 bits per heavy atom. The Kier molecular flexibility index (Phi) is 11.5. The number of rotatable bonds is 7. The first-order chi connectivity index (χ1) is 19.1. The van der Waals surface area contributed by atoms with E-state index in [1.165, 1.54) is 16.3 Å². The number of carbonyl (C=O) groups excluding carboxylic acids is 1. The van der Waals surface area contributed by atoms with Gasteiger partial charge in [0, 0.05) is 26.2 Å². The van der Waals surface area contributed by atoms with E-state index in [0.29, 0.717) is 13.0 Å². The molecule has 0 spiro atoms. The molecular formula is C30H37N3O5S. The van der Waals surface area contributed by atoms with E-state index in [4.69, 9.17) is 9.47 Å². The van der Waals surface area contributed by atoms with Gasteiger partial charge in [-0.05, 0) is 41.3 Å². The molecule has 0 aliphatic carbocycles. The average molecular weight is 552 g/mol. The molecule has 1 atom stereocenters. The van der Waals surface area contributed by atoms with Crippen molar-refractivity contribution in [3.05, 3.63) is 83.9 Å². The summed E-state index contributed by atoms with van der Waals surface area (Å²) in [5.41, 5.74) is 2.21. The number of nitrogens with one attached hydrogen (secondary N) is 2. The minimum atomic E-state index is -2.47. The van der Waals surface area contributed by atoms with Gasteiger partial charge in [0.1, 0.15) is 6.61 Å². The summed E-state index contributed by atoms with van der Waals surface area (Å²) in [4.78, 5) is 14.4. The summed E-state index contributed by atoms with van der Waals surface area (Å²) in [6, 6.07) is 24.5. The molecule has 2 fully saturated rings. The zero-order valence-corrected chi connectivity index (χ0v) is 23.0. The summed E-state index contributed by atoms with van der Waals surface area (Å²) in [7, 11) is -2.47. The molecule has 3 aromatic carbocycles. The highest BCUT2D eigenvalue weighted by molar-refractivity contribution is 7.72. The minimum absolute atomic E-state index is 0.0766. The fraction of sp³-hybridized carbons (Fsp3) is 0.400. The zero-order chi connectivity index (χ0) is 27.3. The average Bonchev–Trinajstić information content (AvgIpc) is 2.98. The number of ether oxygens (including phenoxy) is 2. The van der Waals surface area contributed by atoms with Crippen LogP contribution in [0.2, 0.25) is 0 Å². The summed E-state index contributed by atoms with van der Waals surface area (Å²) in [6.07, 6.45) is 2.65. The summed E-state index contributed by atoms with van der Waals surface area (Å²) in [6.45, 7) is 5.16. The van der Waals surface area contributed by atoms with E-state index < -0.39 is 10.3 Å². The lowest BCUT2D eigenvalue weighted by molar-refractivity contribution is -0.123. The van der Waals surface area contributed by atoms with Crippen molar-refractivity contribution < 1.29 is 22.7 Å². The molecule has 2 heterocycles. The maximum absolute atomic E-state index is 12.1. The summed E-state index contributed by atoms with van der Waals surface area (Å²) in [5.74, 6) is -0.346. The Morgan fingerprint density at radius 2 is 1.54 bits per heavy atom. The van der Waals surface area contributed by atoms with E-state index in [-0.39, 0.29) is 23.6 Å². The molecule has 0 radical (unpaired) electrons. The first-order valence-corrected chi connectivity index (χ1v) is 14.6. The van der Waals surface area contributed by atoms with Gasteiger partial charge in [0.15, 0.2) is 5.05 Å². The third-order valence-corrected chi connectivity index (χ3v) is 7.52. The lowest BCUT2D eigenvalue weighted by Gasteiger charge is -2.26. The van der Waals surface area contributed by atoms with Gasteiger partial charge in [-0.1, -0.05) is 79.2 Å². The van der Waals surface area contributed by atoms with E-state index in [0.717, 1.165) is 57.8 Å². The first-order valence-electron chi connectivity index (χ1n) is 13.5. The van der Waals surface area contributed by atoms with Crippen LogP contribution in [0.1, 0.15) is 30.4 Å². The van der Waals surface area contributed by atoms with Crippen molar-refractivity contribution in [2.45, 2.75) is 38.4 Å². The van der Waals surface area contributed by atoms with Crippen molar-refractivity contribution in [3.63, 3.8) is 0 Å². The van der Waals surface area contributed by atoms with E-state index in [1.54, 1.807) is 0 Å². The molecule has 3 aromatic rings. The van der Waals surface area contributed by atoms with Gasteiger partial charge >= 0.3 is 0 Å². The second-order valence-electron chi connectivity index (χ2n) is 9.67. The van der Waals surface area contributed by atoms with E-state index in [2.05, 4.69) is 76.2 Å². The smallest absolute Gasteiger partial charge is 0.246 e. The van der Waals surface area contributed by atoms with Crippen LogP contribution in [0.25, 0.3) is 10.8 Å².